The second-order valence-electron chi connectivity index (χ2n) is 2.58. The second-order valence-corrected chi connectivity index (χ2v) is 2.58. The minimum absolute atomic E-state index is 0.204. The zero-order valence-corrected chi connectivity index (χ0v) is 7.44. The summed E-state index contributed by atoms with van der Waals surface area (Å²) in [5, 5.41) is 10.3. The zero-order valence-electron chi connectivity index (χ0n) is 7.44. The van der Waals surface area contributed by atoms with E-state index < -0.39 is 0 Å². The van der Waals surface area contributed by atoms with Gasteiger partial charge in [0.2, 0.25) is 0 Å². The highest BCUT2D eigenvalue weighted by atomic mass is 14.9. The number of nitrogens with one attached hydrogen (secondary N) is 2. The summed E-state index contributed by atoms with van der Waals surface area (Å²) in [6.45, 7) is 3.77. The maximum Gasteiger partial charge on any atom is 0.0463 e. The Morgan fingerprint density at radius 2 is 2.27 bits per heavy atom. The van der Waals surface area contributed by atoms with Crippen LogP contribution in [0.25, 0.3) is 0 Å². The Kier molecular flexibility index (Phi) is 4.54. The van der Waals surface area contributed by atoms with Crippen LogP contribution < -0.4 is 11.1 Å². The second kappa shape index (κ2) is 4.91. The van der Waals surface area contributed by atoms with Crippen molar-refractivity contribution in [3.05, 3.63) is 11.8 Å². The molecule has 0 amide bonds. The molecule has 0 spiro atoms. The van der Waals surface area contributed by atoms with Crippen molar-refractivity contribution >= 4 is 5.71 Å². The highest BCUT2D eigenvalue weighted by Gasteiger charge is 2.04. The zero-order chi connectivity index (χ0) is 8.85. The quantitative estimate of drug-likeness (QED) is 0.527. The monoisotopic (exact) mass is 155 g/mol. The van der Waals surface area contributed by atoms with Gasteiger partial charge in [-0.3, -0.25) is 0 Å². The molecule has 0 rings (SSSR count). The van der Waals surface area contributed by atoms with Crippen LogP contribution in [0.3, 0.4) is 0 Å². The molecular formula is C8H17N3. The molecule has 0 radical (unpaired) electrons. The molecule has 0 aliphatic heterocycles. The molecule has 0 saturated heterocycles. The summed E-state index contributed by atoms with van der Waals surface area (Å²) >= 11 is 0. The van der Waals surface area contributed by atoms with Crippen LogP contribution in [0.1, 0.15) is 20.3 Å². The molecule has 0 aliphatic carbocycles. The van der Waals surface area contributed by atoms with Crippen LogP contribution in [0.2, 0.25) is 0 Å². The molecule has 1 unspecified atom stereocenters. The van der Waals surface area contributed by atoms with Crippen LogP contribution in [0.5, 0.6) is 0 Å². The Morgan fingerprint density at radius 3 is 2.55 bits per heavy atom. The van der Waals surface area contributed by atoms with Gasteiger partial charge in [-0.15, -0.1) is 0 Å². The summed E-state index contributed by atoms with van der Waals surface area (Å²) in [6.07, 6.45) is 2.64. The first kappa shape index (κ1) is 10.2. The molecule has 0 aromatic rings. The van der Waals surface area contributed by atoms with E-state index in [-0.39, 0.29) is 6.04 Å². The van der Waals surface area contributed by atoms with Crippen molar-refractivity contribution in [1.82, 2.24) is 5.32 Å². The molecule has 1 atom stereocenters. The van der Waals surface area contributed by atoms with E-state index in [1.807, 2.05) is 7.05 Å². The van der Waals surface area contributed by atoms with E-state index in [2.05, 4.69) is 12.2 Å². The number of likely N-dealkylation sites (N-methyl/N-ethyl adjacent to an activating group) is 1. The Balaban J connectivity index is 4.18. The van der Waals surface area contributed by atoms with Gasteiger partial charge in [-0.25, -0.2) is 0 Å². The van der Waals surface area contributed by atoms with Gasteiger partial charge in [-0.2, -0.15) is 0 Å². The third kappa shape index (κ3) is 3.78. The molecule has 4 N–H and O–H groups in total. The molecule has 0 aromatic heterocycles. The molecule has 0 aliphatic rings. The Hall–Kier alpha value is -0.830. The Morgan fingerprint density at radius 1 is 1.73 bits per heavy atom. The smallest absolute Gasteiger partial charge is 0.0463 e. The normalized spacial score (nSPS) is 14.6. The van der Waals surface area contributed by atoms with Crippen LogP contribution in [-0.4, -0.2) is 18.8 Å². The molecular weight excluding hydrogens is 138 g/mol. The van der Waals surface area contributed by atoms with E-state index in [4.69, 9.17) is 11.1 Å². The first-order chi connectivity index (χ1) is 5.11. The largest absolute Gasteiger partial charge is 0.401 e. The summed E-state index contributed by atoms with van der Waals surface area (Å²) in [5.41, 5.74) is 6.93. The number of nitrogens with two attached hydrogens (primary N) is 1. The van der Waals surface area contributed by atoms with E-state index >= 15 is 0 Å². The molecule has 64 valence electrons. The fourth-order valence-corrected chi connectivity index (χ4v) is 0.957. The topological polar surface area (TPSA) is 61.9 Å². The summed E-state index contributed by atoms with van der Waals surface area (Å²) in [5.74, 6) is 0. The Labute approximate surface area is 68.2 Å². The third-order valence-electron chi connectivity index (χ3n) is 1.54. The maximum atomic E-state index is 7.18. The molecule has 11 heavy (non-hydrogen) atoms. The maximum absolute atomic E-state index is 7.18. The lowest BCUT2D eigenvalue weighted by Gasteiger charge is -2.13. The van der Waals surface area contributed by atoms with Gasteiger partial charge in [0, 0.05) is 17.5 Å². The van der Waals surface area contributed by atoms with Gasteiger partial charge in [-0.1, -0.05) is 6.92 Å². The van der Waals surface area contributed by atoms with Gasteiger partial charge >= 0.3 is 0 Å². The van der Waals surface area contributed by atoms with Crippen molar-refractivity contribution in [1.29, 1.82) is 5.41 Å². The molecule has 0 heterocycles. The van der Waals surface area contributed by atoms with Gasteiger partial charge in [0.05, 0.1) is 0 Å². The first-order valence-electron chi connectivity index (χ1n) is 3.81. The number of allylic oxidation sites excluding steroid dienone is 1. The molecule has 0 fully saturated rings. The summed E-state index contributed by atoms with van der Waals surface area (Å²) in [4.78, 5) is 0. The van der Waals surface area contributed by atoms with Gasteiger partial charge < -0.3 is 16.5 Å². The molecule has 0 aromatic carbocycles. The summed E-state index contributed by atoms with van der Waals surface area (Å²) in [6, 6.07) is 0.204. The van der Waals surface area contributed by atoms with E-state index in [1.54, 1.807) is 13.0 Å². The van der Waals surface area contributed by atoms with E-state index in [1.165, 1.54) is 0 Å². The van der Waals surface area contributed by atoms with Gasteiger partial charge in [0.1, 0.15) is 0 Å². The highest BCUT2D eigenvalue weighted by molar-refractivity contribution is 5.90. The molecule has 3 heteroatoms. The average molecular weight is 155 g/mol. The SMILES string of the molecule is CCC(NC)/C(N)=C/C(C)=N. The van der Waals surface area contributed by atoms with Gasteiger partial charge in [0.25, 0.3) is 0 Å². The first-order valence-corrected chi connectivity index (χ1v) is 3.81. The fourth-order valence-electron chi connectivity index (χ4n) is 0.957. The predicted octanol–water partition coefficient (Wildman–Crippen LogP) is 0.867. The van der Waals surface area contributed by atoms with E-state index in [0.717, 1.165) is 12.1 Å². The molecule has 3 nitrogen and oxygen atoms in total. The van der Waals surface area contributed by atoms with Crippen molar-refractivity contribution < 1.29 is 0 Å². The molecule has 0 bridgehead atoms. The number of rotatable bonds is 4. The highest BCUT2D eigenvalue weighted by Crippen LogP contribution is 1.98. The van der Waals surface area contributed by atoms with Crippen LogP contribution in [-0.2, 0) is 0 Å². The minimum atomic E-state index is 0.204. The van der Waals surface area contributed by atoms with Crippen molar-refractivity contribution in [2.45, 2.75) is 26.3 Å². The standard InChI is InChI=1S/C8H17N3/c1-4-8(11-3)7(10)5-6(2)9/h5,8-9,11H,4,10H2,1-3H3/b7-5-,9-6?. The van der Waals surface area contributed by atoms with Gasteiger partial charge in [0.15, 0.2) is 0 Å². The van der Waals surface area contributed by atoms with Crippen molar-refractivity contribution in [3.63, 3.8) is 0 Å². The average Bonchev–Trinajstić information content (AvgIpc) is 1.88. The molecule has 0 saturated carbocycles. The fraction of sp³-hybridized carbons (Fsp3) is 0.625. The number of hydrogen-bond donors (Lipinski definition) is 3. The van der Waals surface area contributed by atoms with Crippen LogP contribution >= 0.6 is 0 Å². The summed E-state index contributed by atoms with van der Waals surface area (Å²) < 4.78 is 0. The van der Waals surface area contributed by atoms with E-state index in [0.29, 0.717) is 5.71 Å². The third-order valence-corrected chi connectivity index (χ3v) is 1.54. The van der Waals surface area contributed by atoms with Gasteiger partial charge in [-0.05, 0) is 26.5 Å². The summed E-state index contributed by atoms with van der Waals surface area (Å²) in [7, 11) is 1.87. The van der Waals surface area contributed by atoms with E-state index in [9.17, 15) is 0 Å². The minimum Gasteiger partial charge on any atom is -0.401 e. The van der Waals surface area contributed by atoms with Crippen LogP contribution in [0.15, 0.2) is 11.8 Å². The predicted molar refractivity (Wildman–Crippen MR) is 48.8 cm³/mol. The van der Waals surface area contributed by atoms with Crippen molar-refractivity contribution in [2.24, 2.45) is 5.73 Å². The van der Waals surface area contributed by atoms with Crippen LogP contribution in [0.4, 0.5) is 0 Å². The lowest BCUT2D eigenvalue weighted by Crippen LogP contribution is -2.30. The Bertz CT molecular complexity index is 157. The lowest BCUT2D eigenvalue weighted by atomic mass is 10.1. The van der Waals surface area contributed by atoms with Crippen molar-refractivity contribution in [3.8, 4) is 0 Å². The van der Waals surface area contributed by atoms with Crippen molar-refractivity contribution in [2.75, 3.05) is 7.05 Å². The lowest BCUT2D eigenvalue weighted by molar-refractivity contribution is 0.611. The number of hydrogen-bond acceptors (Lipinski definition) is 3. The van der Waals surface area contributed by atoms with Crippen LogP contribution in [0, 0.1) is 5.41 Å².